The smallest absolute Gasteiger partial charge is 0.356 e. The van der Waals surface area contributed by atoms with Crippen molar-refractivity contribution >= 4 is 5.97 Å². The highest BCUT2D eigenvalue weighted by atomic mass is 19.1. The number of H-pyrrole nitrogens is 1. The lowest BCUT2D eigenvalue weighted by atomic mass is 10.1. The molecule has 8 heteroatoms. The molecule has 21 heavy (non-hydrogen) atoms. The van der Waals surface area contributed by atoms with E-state index in [1.807, 2.05) is 0 Å². The van der Waals surface area contributed by atoms with Gasteiger partial charge in [-0.05, 0) is 30.7 Å². The van der Waals surface area contributed by atoms with E-state index in [1.54, 1.807) is 13.0 Å². The second-order valence-electron chi connectivity index (χ2n) is 4.37. The quantitative estimate of drug-likeness (QED) is 0.766. The normalized spacial score (nSPS) is 10.8. The summed E-state index contributed by atoms with van der Waals surface area (Å²) in [7, 11) is 0. The average Bonchev–Trinajstić information content (AvgIpc) is 3.06. The first kappa shape index (κ1) is 13.0. The van der Waals surface area contributed by atoms with Crippen LogP contribution in [0.1, 0.15) is 16.1 Å². The molecule has 2 N–H and O–H groups in total. The predicted molar refractivity (Wildman–Crippen MR) is 69.0 cm³/mol. The number of halogens is 1. The molecule has 0 spiro atoms. The van der Waals surface area contributed by atoms with E-state index in [4.69, 9.17) is 9.63 Å². The molecule has 3 aromatic rings. The molecule has 0 radical (unpaired) electrons. The van der Waals surface area contributed by atoms with E-state index >= 15 is 0 Å². The van der Waals surface area contributed by atoms with Crippen LogP contribution in [0.5, 0.6) is 0 Å². The van der Waals surface area contributed by atoms with Crippen molar-refractivity contribution in [1.82, 2.24) is 20.1 Å². The van der Waals surface area contributed by atoms with Gasteiger partial charge >= 0.3 is 5.97 Å². The number of aryl methyl sites for hydroxylation is 1. The fraction of sp³-hybridized carbons (Fsp3) is 0.0769. The Morgan fingerprint density at radius 1 is 1.38 bits per heavy atom. The van der Waals surface area contributed by atoms with Crippen molar-refractivity contribution < 1.29 is 18.8 Å². The molecule has 0 bridgehead atoms. The van der Waals surface area contributed by atoms with Gasteiger partial charge in [-0.2, -0.15) is 4.98 Å². The van der Waals surface area contributed by atoms with Crippen molar-refractivity contribution in [1.29, 1.82) is 0 Å². The van der Waals surface area contributed by atoms with Crippen LogP contribution in [0.25, 0.3) is 23.0 Å². The molecule has 3 rings (SSSR count). The molecule has 0 saturated heterocycles. The van der Waals surface area contributed by atoms with E-state index in [2.05, 4.69) is 20.1 Å². The Morgan fingerprint density at radius 3 is 2.90 bits per heavy atom. The van der Waals surface area contributed by atoms with Crippen LogP contribution < -0.4 is 0 Å². The Balaban J connectivity index is 2.04. The number of nitrogens with zero attached hydrogens (tertiary/aromatic N) is 3. The minimum atomic E-state index is -1.22. The number of hydrogen-bond donors (Lipinski definition) is 2. The molecule has 0 fully saturated rings. The van der Waals surface area contributed by atoms with Crippen molar-refractivity contribution in [3.8, 4) is 23.0 Å². The van der Waals surface area contributed by atoms with Crippen LogP contribution in [0.3, 0.4) is 0 Å². The van der Waals surface area contributed by atoms with Crippen molar-refractivity contribution in [2.75, 3.05) is 0 Å². The summed E-state index contributed by atoms with van der Waals surface area (Å²) in [6.07, 6.45) is 1.22. The van der Waals surface area contributed by atoms with Gasteiger partial charge in [-0.3, -0.25) is 0 Å². The molecule has 1 aromatic carbocycles. The molecule has 7 nitrogen and oxygen atoms in total. The van der Waals surface area contributed by atoms with E-state index in [0.29, 0.717) is 11.1 Å². The molecule has 0 aliphatic rings. The van der Waals surface area contributed by atoms with Crippen molar-refractivity contribution in [2.24, 2.45) is 0 Å². The maximum Gasteiger partial charge on any atom is 0.356 e. The number of carbonyl (C=O) groups is 1. The molecule has 0 aliphatic heterocycles. The van der Waals surface area contributed by atoms with Gasteiger partial charge in [0.2, 0.25) is 5.82 Å². The zero-order chi connectivity index (χ0) is 15.0. The Hall–Kier alpha value is -3.03. The van der Waals surface area contributed by atoms with Gasteiger partial charge in [0.05, 0.1) is 6.33 Å². The van der Waals surface area contributed by atoms with E-state index in [1.165, 1.54) is 18.5 Å². The molecule has 2 heterocycles. The summed E-state index contributed by atoms with van der Waals surface area (Å²) in [6.45, 7) is 1.74. The van der Waals surface area contributed by atoms with Crippen molar-refractivity contribution in [3.05, 3.63) is 41.6 Å². The molecule has 0 amide bonds. The highest BCUT2D eigenvalue weighted by molar-refractivity contribution is 5.91. The summed E-state index contributed by atoms with van der Waals surface area (Å²) in [5, 5.41) is 12.7. The van der Waals surface area contributed by atoms with Gasteiger partial charge in [0, 0.05) is 5.56 Å². The van der Waals surface area contributed by atoms with Gasteiger partial charge in [0.15, 0.2) is 5.69 Å². The molecular weight excluding hydrogens is 279 g/mol. The molecule has 2 aromatic heterocycles. The number of carboxylic acids is 1. The fourth-order valence-corrected chi connectivity index (χ4v) is 1.93. The maximum atomic E-state index is 13.4. The van der Waals surface area contributed by atoms with Crippen LogP contribution in [0.15, 0.2) is 29.0 Å². The molecule has 106 valence electrons. The maximum absolute atomic E-state index is 13.4. The lowest BCUT2D eigenvalue weighted by Gasteiger charge is -1.97. The first-order valence-electron chi connectivity index (χ1n) is 5.93. The van der Waals surface area contributed by atoms with Crippen LogP contribution in [-0.4, -0.2) is 31.2 Å². The third-order valence-electron chi connectivity index (χ3n) is 2.78. The number of nitrogens with one attached hydrogen (secondary N) is 1. The van der Waals surface area contributed by atoms with Gasteiger partial charge in [-0.15, -0.1) is 0 Å². The van der Waals surface area contributed by atoms with Gasteiger partial charge in [0.25, 0.3) is 5.89 Å². The van der Waals surface area contributed by atoms with E-state index in [9.17, 15) is 9.18 Å². The largest absolute Gasteiger partial charge is 0.476 e. The van der Waals surface area contributed by atoms with Crippen LogP contribution in [0.2, 0.25) is 0 Å². The van der Waals surface area contributed by atoms with Crippen molar-refractivity contribution in [2.45, 2.75) is 6.92 Å². The second kappa shape index (κ2) is 4.82. The number of aromatic carboxylic acids is 1. The van der Waals surface area contributed by atoms with Gasteiger partial charge < -0.3 is 14.6 Å². The van der Waals surface area contributed by atoms with Gasteiger partial charge in [-0.1, -0.05) is 5.16 Å². The summed E-state index contributed by atoms with van der Waals surface area (Å²) in [6, 6.07) is 4.34. The number of hydrogen-bond acceptors (Lipinski definition) is 5. The minimum Gasteiger partial charge on any atom is -0.476 e. The van der Waals surface area contributed by atoms with Crippen molar-refractivity contribution in [3.63, 3.8) is 0 Å². The Labute approximate surface area is 117 Å². The number of rotatable bonds is 3. The molecule has 0 unspecified atom stereocenters. The molecule has 0 saturated carbocycles. The second-order valence-corrected chi connectivity index (χ2v) is 4.37. The molecular formula is C13H9FN4O3. The summed E-state index contributed by atoms with van der Waals surface area (Å²) in [5.41, 5.74) is 1.04. The summed E-state index contributed by atoms with van der Waals surface area (Å²) < 4.78 is 18.4. The van der Waals surface area contributed by atoms with Crippen LogP contribution in [0.4, 0.5) is 4.39 Å². The number of carboxylic acid groups (broad SMARTS) is 1. The third-order valence-corrected chi connectivity index (χ3v) is 2.78. The monoisotopic (exact) mass is 288 g/mol. The van der Waals surface area contributed by atoms with E-state index < -0.39 is 11.8 Å². The average molecular weight is 288 g/mol. The zero-order valence-corrected chi connectivity index (χ0v) is 10.8. The van der Waals surface area contributed by atoms with Crippen LogP contribution >= 0.6 is 0 Å². The van der Waals surface area contributed by atoms with E-state index in [0.717, 1.165) is 0 Å². The fourth-order valence-electron chi connectivity index (χ4n) is 1.93. The predicted octanol–water partition coefficient (Wildman–Crippen LogP) is 2.27. The number of aromatic amines is 1. The number of aromatic nitrogens is 4. The van der Waals surface area contributed by atoms with Crippen LogP contribution in [0, 0.1) is 12.7 Å². The first-order chi connectivity index (χ1) is 10.0. The topological polar surface area (TPSA) is 105 Å². The van der Waals surface area contributed by atoms with Crippen LogP contribution in [-0.2, 0) is 0 Å². The molecule has 0 aliphatic carbocycles. The lowest BCUT2D eigenvalue weighted by molar-refractivity contribution is 0.0691. The third kappa shape index (κ3) is 2.38. The molecule has 0 atom stereocenters. The number of imidazole rings is 1. The van der Waals surface area contributed by atoms with Gasteiger partial charge in [-0.25, -0.2) is 14.2 Å². The lowest BCUT2D eigenvalue weighted by Crippen LogP contribution is -1.99. The summed E-state index contributed by atoms with van der Waals surface area (Å²) >= 11 is 0. The SMILES string of the molecule is Cc1cc(F)cc(-c2noc(-c3[nH]cnc3C(=O)O)n2)c1. The highest BCUT2D eigenvalue weighted by Gasteiger charge is 2.20. The Bertz CT molecular complexity index is 804. The standard InChI is InChI=1S/C13H9FN4O3/c1-6-2-7(4-8(14)3-6)11-17-12(21-18-11)9-10(13(19)20)16-5-15-9/h2-5H,1H3,(H,15,16)(H,19,20). The number of benzene rings is 1. The summed E-state index contributed by atoms with van der Waals surface area (Å²) in [4.78, 5) is 21.4. The summed E-state index contributed by atoms with van der Waals surface area (Å²) in [5.74, 6) is -1.49. The Kier molecular flexibility index (Phi) is 2.98. The van der Waals surface area contributed by atoms with Gasteiger partial charge in [0.1, 0.15) is 11.5 Å². The Morgan fingerprint density at radius 2 is 2.19 bits per heavy atom. The van der Waals surface area contributed by atoms with E-state index in [-0.39, 0.29) is 23.1 Å². The first-order valence-corrected chi connectivity index (χ1v) is 5.93. The zero-order valence-electron chi connectivity index (χ0n) is 10.8. The highest BCUT2D eigenvalue weighted by Crippen LogP contribution is 2.24. The minimum absolute atomic E-state index is 0.0261.